The summed E-state index contributed by atoms with van der Waals surface area (Å²) in [6.45, 7) is 6.96. The SMILES string of the molecule is C=C1C=CC=CN1CC. The van der Waals surface area contributed by atoms with Gasteiger partial charge < -0.3 is 4.90 Å². The van der Waals surface area contributed by atoms with Gasteiger partial charge in [0, 0.05) is 18.4 Å². The summed E-state index contributed by atoms with van der Waals surface area (Å²) < 4.78 is 0. The Hall–Kier alpha value is -0.980. The molecule has 0 aromatic heterocycles. The van der Waals surface area contributed by atoms with Gasteiger partial charge in [-0.15, -0.1) is 0 Å². The van der Waals surface area contributed by atoms with Crippen molar-refractivity contribution >= 4 is 0 Å². The van der Waals surface area contributed by atoms with Crippen LogP contribution >= 0.6 is 0 Å². The van der Waals surface area contributed by atoms with Crippen molar-refractivity contribution < 1.29 is 0 Å². The highest BCUT2D eigenvalue weighted by molar-refractivity contribution is 5.24. The Morgan fingerprint density at radius 3 is 2.78 bits per heavy atom. The number of hydrogen-bond acceptors (Lipinski definition) is 1. The Morgan fingerprint density at radius 2 is 2.33 bits per heavy atom. The first kappa shape index (κ1) is 6.14. The highest BCUT2D eigenvalue weighted by Crippen LogP contribution is 2.07. The first-order valence-corrected chi connectivity index (χ1v) is 3.15. The molecule has 1 heteroatoms. The quantitative estimate of drug-likeness (QED) is 0.512. The minimum absolute atomic E-state index is 1.000. The summed E-state index contributed by atoms with van der Waals surface area (Å²) >= 11 is 0. The second-order valence-corrected chi connectivity index (χ2v) is 1.98. The second-order valence-electron chi connectivity index (χ2n) is 1.98. The number of rotatable bonds is 1. The molecule has 1 nitrogen and oxygen atoms in total. The molecule has 1 rings (SSSR count). The van der Waals surface area contributed by atoms with Crippen LogP contribution in [-0.4, -0.2) is 11.4 Å². The van der Waals surface area contributed by atoms with Crippen LogP contribution in [0.1, 0.15) is 6.92 Å². The van der Waals surface area contributed by atoms with Gasteiger partial charge in [0.25, 0.3) is 0 Å². The molecule has 0 saturated carbocycles. The topological polar surface area (TPSA) is 3.24 Å². The highest BCUT2D eigenvalue weighted by Gasteiger charge is 1.98. The summed E-state index contributed by atoms with van der Waals surface area (Å²) in [5, 5.41) is 0. The van der Waals surface area contributed by atoms with Crippen LogP contribution in [0.25, 0.3) is 0 Å². The second kappa shape index (κ2) is 2.53. The maximum absolute atomic E-state index is 3.85. The maximum atomic E-state index is 3.85. The third kappa shape index (κ3) is 1.22. The molecular weight excluding hydrogens is 110 g/mol. The van der Waals surface area contributed by atoms with Crippen molar-refractivity contribution in [2.24, 2.45) is 0 Å². The fourth-order valence-electron chi connectivity index (χ4n) is 0.820. The van der Waals surface area contributed by atoms with Crippen LogP contribution in [0, 0.1) is 0 Å². The number of likely N-dealkylation sites (N-methyl/N-ethyl adjacent to an activating group) is 1. The van der Waals surface area contributed by atoms with Crippen LogP contribution in [0.5, 0.6) is 0 Å². The van der Waals surface area contributed by atoms with E-state index >= 15 is 0 Å². The van der Waals surface area contributed by atoms with E-state index in [1.54, 1.807) is 0 Å². The lowest BCUT2D eigenvalue weighted by Gasteiger charge is -2.19. The smallest absolute Gasteiger partial charge is 0.0332 e. The average molecular weight is 121 g/mol. The van der Waals surface area contributed by atoms with Gasteiger partial charge in [0.15, 0.2) is 0 Å². The molecule has 1 aliphatic heterocycles. The first-order valence-electron chi connectivity index (χ1n) is 3.15. The summed E-state index contributed by atoms with van der Waals surface area (Å²) in [4.78, 5) is 2.10. The molecule has 0 saturated heterocycles. The van der Waals surface area contributed by atoms with E-state index in [0.29, 0.717) is 0 Å². The minimum Gasteiger partial charge on any atom is -0.349 e. The Morgan fingerprint density at radius 1 is 1.56 bits per heavy atom. The summed E-state index contributed by atoms with van der Waals surface area (Å²) in [7, 11) is 0. The lowest BCUT2D eigenvalue weighted by Crippen LogP contribution is -2.14. The first-order chi connectivity index (χ1) is 4.34. The molecule has 0 aromatic rings. The lowest BCUT2D eigenvalue weighted by atomic mass is 10.3. The molecule has 0 N–H and O–H groups in total. The molecule has 9 heavy (non-hydrogen) atoms. The summed E-state index contributed by atoms with van der Waals surface area (Å²) in [5.41, 5.74) is 1.07. The van der Waals surface area contributed by atoms with Crippen molar-refractivity contribution in [3.05, 3.63) is 36.7 Å². The molecule has 0 aliphatic carbocycles. The summed E-state index contributed by atoms with van der Waals surface area (Å²) in [6, 6.07) is 0. The molecule has 48 valence electrons. The summed E-state index contributed by atoms with van der Waals surface area (Å²) in [6.07, 6.45) is 8.04. The Balaban J connectivity index is 2.66. The van der Waals surface area contributed by atoms with E-state index in [0.717, 1.165) is 12.2 Å². The summed E-state index contributed by atoms with van der Waals surface area (Å²) in [5.74, 6) is 0. The van der Waals surface area contributed by atoms with Gasteiger partial charge in [-0.3, -0.25) is 0 Å². The molecule has 0 bridgehead atoms. The fraction of sp³-hybridized carbons (Fsp3) is 0.250. The van der Waals surface area contributed by atoms with Crippen molar-refractivity contribution in [3.8, 4) is 0 Å². The van der Waals surface area contributed by atoms with Gasteiger partial charge in [-0.05, 0) is 19.1 Å². The van der Waals surface area contributed by atoms with E-state index in [-0.39, 0.29) is 0 Å². The molecule has 0 unspecified atom stereocenters. The standard InChI is InChI=1S/C8H11N/c1-3-9-7-5-4-6-8(9)2/h4-7H,2-3H2,1H3. The molecule has 0 fully saturated rings. The van der Waals surface area contributed by atoms with Gasteiger partial charge in [0.1, 0.15) is 0 Å². The largest absolute Gasteiger partial charge is 0.349 e. The zero-order chi connectivity index (χ0) is 6.69. The van der Waals surface area contributed by atoms with Crippen molar-refractivity contribution in [2.75, 3.05) is 6.54 Å². The number of nitrogens with zero attached hydrogens (tertiary/aromatic N) is 1. The van der Waals surface area contributed by atoms with E-state index in [9.17, 15) is 0 Å². The van der Waals surface area contributed by atoms with Crippen LogP contribution in [0.15, 0.2) is 36.7 Å². The van der Waals surface area contributed by atoms with E-state index in [1.165, 1.54) is 0 Å². The fourth-order valence-corrected chi connectivity index (χ4v) is 0.820. The van der Waals surface area contributed by atoms with Crippen LogP contribution in [0.3, 0.4) is 0 Å². The van der Waals surface area contributed by atoms with Gasteiger partial charge in [0.05, 0.1) is 0 Å². The third-order valence-electron chi connectivity index (χ3n) is 1.38. The van der Waals surface area contributed by atoms with Crippen LogP contribution in [0.2, 0.25) is 0 Å². The molecule has 0 amide bonds. The van der Waals surface area contributed by atoms with Crippen molar-refractivity contribution in [3.63, 3.8) is 0 Å². The Bertz CT molecular complexity index is 165. The number of allylic oxidation sites excluding steroid dienone is 3. The van der Waals surface area contributed by atoms with Crippen molar-refractivity contribution in [1.82, 2.24) is 4.90 Å². The zero-order valence-electron chi connectivity index (χ0n) is 5.67. The molecular formula is C8H11N. The molecule has 0 aromatic carbocycles. The van der Waals surface area contributed by atoms with Crippen LogP contribution in [-0.2, 0) is 0 Å². The normalized spacial score (nSPS) is 17.0. The van der Waals surface area contributed by atoms with E-state index < -0.39 is 0 Å². The molecule has 1 heterocycles. The average Bonchev–Trinajstić information content (AvgIpc) is 1.89. The predicted octanol–water partition coefficient (Wildman–Crippen LogP) is 1.91. The van der Waals surface area contributed by atoms with Crippen molar-refractivity contribution in [2.45, 2.75) is 6.92 Å². The molecule has 1 aliphatic rings. The van der Waals surface area contributed by atoms with Gasteiger partial charge >= 0.3 is 0 Å². The Kier molecular flexibility index (Phi) is 1.73. The van der Waals surface area contributed by atoms with Crippen LogP contribution < -0.4 is 0 Å². The zero-order valence-corrected chi connectivity index (χ0v) is 5.67. The van der Waals surface area contributed by atoms with Gasteiger partial charge in [0.2, 0.25) is 0 Å². The highest BCUT2D eigenvalue weighted by atomic mass is 15.1. The van der Waals surface area contributed by atoms with E-state index in [4.69, 9.17) is 0 Å². The van der Waals surface area contributed by atoms with E-state index in [2.05, 4.69) is 18.4 Å². The van der Waals surface area contributed by atoms with E-state index in [1.807, 2.05) is 24.4 Å². The van der Waals surface area contributed by atoms with Gasteiger partial charge in [-0.25, -0.2) is 0 Å². The monoisotopic (exact) mass is 121 g/mol. The molecule has 0 radical (unpaired) electrons. The minimum atomic E-state index is 1.000. The predicted molar refractivity (Wildman–Crippen MR) is 39.8 cm³/mol. The Labute approximate surface area is 56.0 Å². The van der Waals surface area contributed by atoms with Gasteiger partial charge in [-0.2, -0.15) is 0 Å². The van der Waals surface area contributed by atoms with Crippen LogP contribution in [0.4, 0.5) is 0 Å². The molecule has 0 spiro atoms. The number of hydrogen-bond donors (Lipinski definition) is 0. The molecule has 0 atom stereocenters. The van der Waals surface area contributed by atoms with Crippen molar-refractivity contribution in [1.29, 1.82) is 0 Å². The maximum Gasteiger partial charge on any atom is 0.0332 e. The van der Waals surface area contributed by atoms with Gasteiger partial charge in [-0.1, -0.05) is 12.7 Å². The third-order valence-corrected chi connectivity index (χ3v) is 1.38. The lowest BCUT2D eigenvalue weighted by molar-refractivity contribution is 0.505.